The normalized spacial score (nSPS) is 23.8. The Labute approximate surface area is 338 Å². The van der Waals surface area contributed by atoms with Gasteiger partial charge in [0.1, 0.15) is 17.9 Å². The molecule has 3 amide bonds. The standard InChI is InChI=1S/C45H62N6O6/c1-28-24-45(4,5)29(2)20-35(28)26-49-43(53)40-39(30(3)56-44(54)48-19-18-31-14-11-10-12-15-31)38(25-46)57-51(40)27-32-16-13-17-37(41(32)55-9)33-21-34(42(52)47-6)23-36(22-33)50(7)8/h10-17,21-23,26,28-30,35,38-40H,18-20,24-25,27,46H2,1-9H3,(H,47,52)(H,48,54)/t28-,29+,30-,35?,38-,39?,40-/m0/s1. The highest BCUT2D eigenvalue weighted by Gasteiger charge is 2.51. The van der Waals surface area contributed by atoms with Gasteiger partial charge in [0.25, 0.3) is 11.8 Å². The maximum absolute atomic E-state index is 14.5. The summed E-state index contributed by atoms with van der Waals surface area (Å²) in [6.07, 6.45) is 2.48. The van der Waals surface area contributed by atoms with E-state index in [2.05, 4.69) is 43.3 Å². The average Bonchev–Trinajstić information content (AvgIpc) is 3.56. The van der Waals surface area contributed by atoms with Gasteiger partial charge in [-0.1, -0.05) is 76.2 Å². The van der Waals surface area contributed by atoms with Gasteiger partial charge in [-0.15, -0.1) is 0 Å². The minimum absolute atomic E-state index is 0.0843. The van der Waals surface area contributed by atoms with Crippen molar-refractivity contribution in [2.75, 3.05) is 46.2 Å². The monoisotopic (exact) mass is 782 g/mol. The van der Waals surface area contributed by atoms with Gasteiger partial charge >= 0.3 is 6.09 Å². The number of nitrogens with one attached hydrogen (secondary N) is 2. The van der Waals surface area contributed by atoms with Crippen LogP contribution in [0.5, 0.6) is 5.75 Å². The first kappa shape index (κ1) is 43.3. The van der Waals surface area contributed by atoms with Gasteiger partial charge in [-0.25, -0.2) is 9.79 Å². The highest BCUT2D eigenvalue weighted by molar-refractivity contribution is 5.97. The number of aliphatic imine (C=N–C) groups is 1. The molecular formula is C45H62N6O6. The van der Waals surface area contributed by atoms with E-state index in [9.17, 15) is 14.4 Å². The first-order valence-corrected chi connectivity index (χ1v) is 20.1. The summed E-state index contributed by atoms with van der Waals surface area (Å²) in [5.74, 6) is 0.336. The molecule has 3 aromatic rings. The zero-order valence-corrected chi connectivity index (χ0v) is 35.1. The Balaban J connectivity index is 1.46. The summed E-state index contributed by atoms with van der Waals surface area (Å²) in [6.45, 7) is 11.5. The number of para-hydroxylation sites is 1. The fourth-order valence-corrected chi connectivity index (χ4v) is 8.37. The summed E-state index contributed by atoms with van der Waals surface area (Å²) >= 11 is 0. The molecule has 0 bridgehead atoms. The van der Waals surface area contributed by atoms with Crippen LogP contribution < -0.4 is 26.0 Å². The molecule has 2 aliphatic rings. The van der Waals surface area contributed by atoms with Crippen LogP contribution in [-0.4, -0.2) is 88.8 Å². The molecule has 1 aliphatic heterocycles. The number of methoxy groups -OCH3 is 1. The van der Waals surface area contributed by atoms with Gasteiger partial charge in [-0.3, -0.25) is 14.4 Å². The predicted molar refractivity (Wildman–Crippen MR) is 225 cm³/mol. The predicted octanol–water partition coefficient (Wildman–Crippen LogP) is 6.51. The fraction of sp³-hybridized carbons (Fsp3) is 0.511. The third-order valence-corrected chi connectivity index (χ3v) is 12.0. The summed E-state index contributed by atoms with van der Waals surface area (Å²) < 4.78 is 12.0. The van der Waals surface area contributed by atoms with Crippen LogP contribution in [-0.2, 0) is 27.3 Å². The number of ether oxygens (including phenoxy) is 2. The first-order valence-electron chi connectivity index (χ1n) is 20.1. The molecule has 0 spiro atoms. The van der Waals surface area contributed by atoms with Crippen LogP contribution in [0.25, 0.3) is 11.1 Å². The molecular weight excluding hydrogens is 721 g/mol. The Morgan fingerprint density at radius 3 is 2.49 bits per heavy atom. The maximum Gasteiger partial charge on any atom is 0.407 e. The molecule has 5 rings (SSSR count). The molecule has 3 aromatic carbocycles. The van der Waals surface area contributed by atoms with Gasteiger partial charge in [0.15, 0.2) is 0 Å². The molecule has 0 radical (unpaired) electrons. The molecule has 12 nitrogen and oxygen atoms in total. The van der Waals surface area contributed by atoms with Gasteiger partial charge in [-0.05, 0) is 78.7 Å². The molecule has 1 saturated heterocycles. The zero-order chi connectivity index (χ0) is 41.4. The molecule has 2 fully saturated rings. The second-order valence-corrected chi connectivity index (χ2v) is 16.6. The number of benzene rings is 3. The van der Waals surface area contributed by atoms with Gasteiger partial charge in [0, 0.05) is 62.8 Å². The minimum atomic E-state index is -0.917. The van der Waals surface area contributed by atoms with Crippen molar-refractivity contribution in [3.63, 3.8) is 0 Å². The summed E-state index contributed by atoms with van der Waals surface area (Å²) in [7, 11) is 7.04. The van der Waals surface area contributed by atoms with Gasteiger partial charge in [0.2, 0.25) is 0 Å². The SMILES string of the molecule is CNC(=O)c1cc(-c2cccc(CN3O[C@@H](CN)C([C@H](C)OC(=O)NCCc4ccccc4)[C@H]3C(=O)N=CC3C[C@@H](C)C(C)(C)C[C@@H]3C)c2OC)cc(N(C)C)c1. The number of carbonyl (C=O) groups excluding carboxylic acids is 3. The summed E-state index contributed by atoms with van der Waals surface area (Å²) in [4.78, 5) is 53.5. The molecule has 2 unspecified atom stereocenters. The quantitative estimate of drug-likeness (QED) is 0.156. The fourth-order valence-electron chi connectivity index (χ4n) is 8.37. The molecule has 1 heterocycles. The van der Waals surface area contributed by atoms with E-state index in [0.29, 0.717) is 36.1 Å². The smallest absolute Gasteiger partial charge is 0.407 e. The Hall–Kier alpha value is -4.78. The Morgan fingerprint density at radius 2 is 1.82 bits per heavy atom. The maximum atomic E-state index is 14.5. The van der Waals surface area contributed by atoms with Gasteiger partial charge < -0.3 is 30.7 Å². The number of nitrogens with zero attached hydrogens (tertiary/aromatic N) is 3. The second-order valence-electron chi connectivity index (χ2n) is 16.6. The average molecular weight is 783 g/mol. The number of carbonyl (C=O) groups is 3. The topological polar surface area (TPSA) is 148 Å². The van der Waals surface area contributed by atoms with Crippen molar-refractivity contribution in [3.05, 3.63) is 83.4 Å². The second kappa shape index (κ2) is 19.1. The van der Waals surface area contributed by atoms with Crippen molar-refractivity contribution in [3.8, 4) is 16.9 Å². The third-order valence-electron chi connectivity index (χ3n) is 12.0. The van der Waals surface area contributed by atoms with Crippen LogP contribution in [0.1, 0.15) is 68.9 Å². The largest absolute Gasteiger partial charge is 0.496 e. The van der Waals surface area contributed by atoms with Crippen LogP contribution in [0.2, 0.25) is 0 Å². The van der Waals surface area contributed by atoms with E-state index < -0.39 is 30.3 Å². The number of amides is 3. The molecule has 4 N–H and O–H groups in total. The Bertz CT molecular complexity index is 1880. The van der Waals surface area contributed by atoms with E-state index in [1.54, 1.807) is 26.1 Å². The van der Waals surface area contributed by atoms with E-state index in [1.807, 2.05) is 91.9 Å². The zero-order valence-electron chi connectivity index (χ0n) is 35.1. The number of anilines is 1. The Morgan fingerprint density at radius 1 is 1.09 bits per heavy atom. The molecule has 308 valence electrons. The van der Waals surface area contributed by atoms with Crippen LogP contribution in [0, 0.1) is 29.1 Å². The third kappa shape index (κ3) is 10.4. The summed E-state index contributed by atoms with van der Waals surface area (Å²) in [6, 6.07) is 20.4. The highest BCUT2D eigenvalue weighted by atomic mass is 16.7. The van der Waals surface area contributed by atoms with Gasteiger partial charge in [-0.2, -0.15) is 5.06 Å². The molecule has 7 atom stereocenters. The van der Waals surface area contributed by atoms with E-state index in [1.165, 1.54) is 0 Å². The minimum Gasteiger partial charge on any atom is -0.496 e. The number of nitrogens with two attached hydrogens (primary N) is 1. The van der Waals surface area contributed by atoms with E-state index in [4.69, 9.17) is 20.0 Å². The van der Waals surface area contributed by atoms with Crippen molar-refractivity contribution < 1.29 is 28.7 Å². The number of hydrogen-bond donors (Lipinski definition) is 3. The molecule has 0 aromatic heterocycles. The van der Waals surface area contributed by atoms with Crippen molar-refractivity contribution in [2.45, 2.75) is 78.7 Å². The molecule has 12 heteroatoms. The lowest BCUT2D eigenvalue weighted by molar-refractivity contribution is -0.172. The molecule has 57 heavy (non-hydrogen) atoms. The van der Waals surface area contributed by atoms with Crippen LogP contribution >= 0.6 is 0 Å². The first-order chi connectivity index (χ1) is 27.2. The van der Waals surface area contributed by atoms with Crippen LogP contribution in [0.3, 0.4) is 0 Å². The van der Waals surface area contributed by atoms with E-state index in [0.717, 1.165) is 40.8 Å². The number of hydrogen-bond acceptors (Lipinski definition) is 9. The highest BCUT2D eigenvalue weighted by Crippen LogP contribution is 2.45. The van der Waals surface area contributed by atoms with Crippen LogP contribution in [0.15, 0.2) is 71.7 Å². The van der Waals surface area contributed by atoms with E-state index >= 15 is 0 Å². The lowest BCUT2D eigenvalue weighted by atomic mass is 9.62. The number of rotatable bonds is 14. The van der Waals surface area contributed by atoms with E-state index in [-0.39, 0.29) is 36.2 Å². The summed E-state index contributed by atoms with van der Waals surface area (Å²) in [5, 5.41) is 7.20. The van der Waals surface area contributed by atoms with Crippen molar-refractivity contribution in [1.29, 1.82) is 0 Å². The van der Waals surface area contributed by atoms with Crippen LogP contribution in [0.4, 0.5) is 10.5 Å². The number of hydroxylamine groups is 2. The lowest BCUT2D eigenvalue weighted by Crippen LogP contribution is -2.46. The number of alkyl carbamates (subject to hydrolysis) is 1. The van der Waals surface area contributed by atoms with Crippen molar-refractivity contribution in [1.82, 2.24) is 15.7 Å². The lowest BCUT2D eigenvalue weighted by Gasteiger charge is -2.43. The van der Waals surface area contributed by atoms with Crippen molar-refractivity contribution >= 4 is 29.8 Å². The Kier molecular flexibility index (Phi) is 14.5. The van der Waals surface area contributed by atoms with Crippen molar-refractivity contribution in [2.24, 2.45) is 39.8 Å². The molecule has 1 saturated carbocycles. The summed E-state index contributed by atoms with van der Waals surface area (Å²) in [5.41, 5.74) is 11.3. The molecule has 1 aliphatic carbocycles. The van der Waals surface area contributed by atoms with Gasteiger partial charge in [0.05, 0.1) is 25.7 Å².